The molecule has 0 spiro atoms. The van der Waals surface area contributed by atoms with Crippen molar-refractivity contribution in [2.24, 2.45) is 5.92 Å². The number of benzene rings is 1. The van der Waals surface area contributed by atoms with Crippen LogP contribution < -0.4 is 10.6 Å². The predicted molar refractivity (Wildman–Crippen MR) is 72.3 cm³/mol. The summed E-state index contributed by atoms with van der Waals surface area (Å²) in [6.07, 6.45) is 3.12. The lowest BCUT2D eigenvalue weighted by atomic mass is 10.2. The molecule has 1 aliphatic rings. The van der Waals surface area contributed by atoms with E-state index in [1.54, 1.807) is 0 Å². The number of hydrogen-bond acceptors (Lipinski definition) is 2. The summed E-state index contributed by atoms with van der Waals surface area (Å²) in [6.45, 7) is 2.09. The lowest BCUT2D eigenvalue weighted by Crippen LogP contribution is -2.31. The minimum absolute atomic E-state index is 0.0276. The first kappa shape index (κ1) is 14.3. The molecule has 6 heteroatoms. The highest BCUT2D eigenvalue weighted by molar-refractivity contribution is 5.92. The molecular weight excluding hydrogens is 263 g/mol. The normalized spacial score (nSPS) is 20.3. The van der Waals surface area contributed by atoms with E-state index in [0.29, 0.717) is 5.92 Å². The van der Waals surface area contributed by atoms with Crippen LogP contribution in [0, 0.1) is 11.7 Å². The van der Waals surface area contributed by atoms with Gasteiger partial charge in [-0.05, 0) is 37.0 Å². The summed E-state index contributed by atoms with van der Waals surface area (Å²) < 4.78 is 13.6. The molecule has 20 heavy (non-hydrogen) atoms. The molecule has 0 bridgehead atoms. The van der Waals surface area contributed by atoms with Gasteiger partial charge in [0, 0.05) is 6.04 Å². The standard InChI is InChI=1S/C14H17FN2O3/c1-2-3-8-7-12(8)17-14(20)16-11-5-4-9(13(18)19)6-10(11)15/h4-6,8,12H,2-3,7H2,1H3,(H,18,19)(H2,16,17,20). The van der Waals surface area contributed by atoms with Gasteiger partial charge in [0.15, 0.2) is 0 Å². The highest BCUT2D eigenvalue weighted by atomic mass is 19.1. The van der Waals surface area contributed by atoms with Crippen molar-refractivity contribution < 1.29 is 19.1 Å². The van der Waals surface area contributed by atoms with Crippen molar-refractivity contribution in [3.63, 3.8) is 0 Å². The van der Waals surface area contributed by atoms with Gasteiger partial charge in [0.1, 0.15) is 5.82 Å². The fourth-order valence-electron chi connectivity index (χ4n) is 2.19. The maximum atomic E-state index is 13.6. The average molecular weight is 280 g/mol. The van der Waals surface area contributed by atoms with Crippen molar-refractivity contribution in [2.45, 2.75) is 32.2 Å². The van der Waals surface area contributed by atoms with E-state index in [1.807, 2.05) is 0 Å². The van der Waals surface area contributed by atoms with Crippen molar-refractivity contribution in [1.29, 1.82) is 0 Å². The topological polar surface area (TPSA) is 78.4 Å². The summed E-state index contributed by atoms with van der Waals surface area (Å²) in [5, 5.41) is 13.9. The number of aromatic carboxylic acids is 1. The Morgan fingerprint density at radius 3 is 2.80 bits per heavy atom. The van der Waals surface area contributed by atoms with E-state index in [2.05, 4.69) is 17.6 Å². The molecule has 3 N–H and O–H groups in total. The number of halogens is 1. The SMILES string of the molecule is CCCC1CC1NC(=O)Nc1ccc(C(=O)O)cc1F. The molecule has 2 rings (SSSR count). The van der Waals surface area contributed by atoms with E-state index in [9.17, 15) is 14.0 Å². The Balaban J connectivity index is 1.90. The van der Waals surface area contributed by atoms with Crippen LogP contribution in [0.5, 0.6) is 0 Å². The van der Waals surface area contributed by atoms with Gasteiger partial charge < -0.3 is 15.7 Å². The summed E-state index contributed by atoms with van der Waals surface area (Å²) in [5.74, 6) is -1.45. The second-order valence-electron chi connectivity index (χ2n) is 4.99. The Labute approximate surface area is 116 Å². The number of carboxylic acids is 1. The van der Waals surface area contributed by atoms with Crippen molar-refractivity contribution in [3.8, 4) is 0 Å². The van der Waals surface area contributed by atoms with Gasteiger partial charge >= 0.3 is 12.0 Å². The van der Waals surface area contributed by atoms with E-state index in [-0.39, 0.29) is 17.3 Å². The second kappa shape index (κ2) is 5.90. The van der Waals surface area contributed by atoms with Crippen LogP contribution in [0.2, 0.25) is 0 Å². The summed E-state index contributed by atoms with van der Waals surface area (Å²) >= 11 is 0. The van der Waals surface area contributed by atoms with Crippen LogP contribution in [-0.4, -0.2) is 23.1 Å². The van der Waals surface area contributed by atoms with Crippen molar-refractivity contribution in [3.05, 3.63) is 29.6 Å². The third-order valence-corrected chi connectivity index (χ3v) is 3.36. The minimum Gasteiger partial charge on any atom is -0.478 e. The van der Waals surface area contributed by atoms with Crippen LogP contribution in [0.4, 0.5) is 14.9 Å². The first-order chi connectivity index (χ1) is 9.51. The lowest BCUT2D eigenvalue weighted by Gasteiger charge is -2.08. The summed E-state index contributed by atoms with van der Waals surface area (Å²) in [4.78, 5) is 22.4. The molecule has 0 aromatic heterocycles. The summed E-state index contributed by atoms with van der Waals surface area (Å²) in [5.41, 5.74) is -0.182. The van der Waals surface area contributed by atoms with Crippen molar-refractivity contribution in [1.82, 2.24) is 5.32 Å². The van der Waals surface area contributed by atoms with E-state index >= 15 is 0 Å². The fraction of sp³-hybridized carbons (Fsp3) is 0.429. The molecule has 2 amide bonds. The number of rotatable bonds is 5. The fourth-order valence-corrected chi connectivity index (χ4v) is 2.19. The highest BCUT2D eigenvalue weighted by Crippen LogP contribution is 2.34. The van der Waals surface area contributed by atoms with E-state index < -0.39 is 17.8 Å². The first-order valence-corrected chi connectivity index (χ1v) is 6.61. The second-order valence-corrected chi connectivity index (χ2v) is 4.99. The Kier molecular flexibility index (Phi) is 4.22. The van der Waals surface area contributed by atoms with Gasteiger partial charge in [-0.3, -0.25) is 0 Å². The molecule has 0 radical (unpaired) electrons. The average Bonchev–Trinajstić information content (AvgIpc) is 3.10. The number of carboxylic acid groups (broad SMARTS) is 1. The van der Waals surface area contributed by atoms with Gasteiger partial charge in [-0.15, -0.1) is 0 Å². The lowest BCUT2D eigenvalue weighted by molar-refractivity contribution is 0.0696. The largest absolute Gasteiger partial charge is 0.478 e. The molecule has 0 saturated heterocycles. The van der Waals surface area contributed by atoms with E-state index in [1.165, 1.54) is 12.1 Å². The molecular formula is C14H17FN2O3. The van der Waals surface area contributed by atoms with E-state index in [0.717, 1.165) is 25.3 Å². The molecule has 1 saturated carbocycles. The number of hydrogen-bond donors (Lipinski definition) is 3. The molecule has 108 valence electrons. The zero-order valence-electron chi connectivity index (χ0n) is 11.1. The monoisotopic (exact) mass is 280 g/mol. The van der Waals surface area contributed by atoms with Crippen LogP contribution in [0.25, 0.3) is 0 Å². The summed E-state index contributed by atoms with van der Waals surface area (Å²) in [7, 11) is 0. The number of nitrogens with one attached hydrogen (secondary N) is 2. The van der Waals surface area contributed by atoms with Gasteiger partial charge in [0.05, 0.1) is 11.3 Å². The Morgan fingerprint density at radius 2 is 2.20 bits per heavy atom. The zero-order valence-corrected chi connectivity index (χ0v) is 11.1. The van der Waals surface area contributed by atoms with Crippen LogP contribution in [0.15, 0.2) is 18.2 Å². The third-order valence-electron chi connectivity index (χ3n) is 3.36. The first-order valence-electron chi connectivity index (χ1n) is 6.61. The van der Waals surface area contributed by atoms with Crippen molar-refractivity contribution >= 4 is 17.7 Å². The molecule has 5 nitrogen and oxygen atoms in total. The third kappa shape index (κ3) is 3.46. The molecule has 1 aromatic carbocycles. The Morgan fingerprint density at radius 1 is 1.45 bits per heavy atom. The summed E-state index contributed by atoms with van der Waals surface area (Å²) in [6, 6.07) is 3.08. The Hall–Kier alpha value is -2.11. The zero-order chi connectivity index (χ0) is 14.7. The quantitative estimate of drug-likeness (QED) is 0.776. The van der Waals surface area contributed by atoms with Crippen molar-refractivity contribution in [2.75, 3.05) is 5.32 Å². The molecule has 1 aromatic rings. The molecule has 2 atom stereocenters. The van der Waals surface area contributed by atoms with Crippen LogP contribution in [-0.2, 0) is 0 Å². The van der Waals surface area contributed by atoms with Gasteiger partial charge in [-0.25, -0.2) is 14.0 Å². The van der Waals surface area contributed by atoms with E-state index in [4.69, 9.17) is 5.11 Å². The van der Waals surface area contributed by atoms with Gasteiger partial charge in [0.2, 0.25) is 0 Å². The van der Waals surface area contributed by atoms with Crippen LogP contribution in [0.3, 0.4) is 0 Å². The molecule has 0 aliphatic heterocycles. The van der Waals surface area contributed by atoms with Crippen LogP contribution >= 0.6 is 0 Å². The maximum absolute atomic E-state index is 13.6. The number of amides is 2. The van der Waals surface area contributed by atoms with Gasteiger partial charge in [0.25, 0.3) is 0 Å². The predicted octanol–water partition coefficient (Wildman–Crippen LogP) is 2.83. The molecule has 1 fully saturated rings. The molecule has 0 heterocycles. The minimum atomic E-state index is -1.21. The Bertz CT molecular complexity index is 533. The number of urea groups is 1. The number of carbonyl (C=O) groups excluding carboxylic acids is 1. The highest BCUT2D eigenvalue weighted by Gasteiger charge is 2.37. The smallest absolute Gasteiger partial charge is 0.335 e. The van der Waals surface area contributed by atoms with Gasteiger partial charge in [-0.1, -0.05) is 13.3 Å². The number of anilines is 1. The van der Waals surface area contributed by atoms with Gasteiger partial charge in [-0.2, -0.15) is 0 Å². The van der Waals surface area contributed by atoms with Crippen LogP contribution in [0.1, 0.15) is 36.5 Å². The molecule has 1 aliphatic carbocycles. The number of carbonyl (C=O) groups is 2. The maximum Gasteiger partial charge on any atom is 0.335 e. The molecule has 2 unspecified atom stereocenters.